The van der Waals surface area contributed by atoms with Gasteiger partial charge in [0.2, 0.25) is 11.8 Å². The van der Waals surface area contributed by atoms with Crippen molar-refractivity contribution in [3.8, 4) is 5.88 Å². The number of carbonyl (C=O) groups excluding carboxylic acids is 2. The molecular weight excluding hydrogens is 336 g/mol. The molecule has 0 bridgehead atoms. The van der Waals surface area contributed by atoms with Crippen molar-refractivity contribution < 1.29 is 14.3 Å². The lowest BCUT2D eigenvalue weighted by atomic mass is 10.2. The smallest absolute Gasteiger partial charge is 0.312 e. The maximum atomic E-state index is 12.5. The molecule has 0 unspecified atom stereocenters. The van der Waals surface area contributed by atoms with E-state index in [1.807, 2.05) is 31.2 Å². The Hall–Kier alpha value is -2.21. The van der Waals surface area contributed by atoms with Crippen LogP contribution in [0.5, 0.6) is 5.88 Å². The fraction of sp³-hybridized carbons (Fsp3) is 0.421. The largest absolute Gasteiger partial charge is 0.408 e. The van der Waals surface area contributed by atoms with E-state index in [1.165, 1.54) is 21.5 Å². The molecular formula is C19H24N2O3S. The Kier molecular flexibility index (Phi) is 6.70. The number of hydrogen-bond donors (Lipinski definition) is 0. The van der Waals surface area contributed by atoms with Gasteiger partial charge in [0.1, 0.15) is 0 Å². The summed E-state index contributed by atoms with van der Waals surface area (Å²) in [5.74, 6) is -0.182. The normalized spacial score (nSPS) is 11.6. The number of benzene rings is 1. The molecule has 0 spiro atoms. The van der Waals surface area contributed by atoms with Crippen LogP contribution in [-0.4, -0.2) is 16.4 Å². The summed E-state index contributed by atoms with van der Waals surface area (Å²) < 4.78 is 6.88. The van der Waals surface area contributed by atoms with Crippen LogP contribution in [0.4, 0.5) is 5.69 Å². The summed E-state index contributed by atoms with van der Waals surface area (Å²) in [5.41, 5.74) is 2.00. The highest BCUT2D eigenvalue weighted by atomic mass is 32.1. The Labute approximate surface area is 152 Å². The maximum absolute atomic E-state index is 12.5. The van der Waals surface area contributed by atoms with Crippen LogP contribution in [0.1, 0.15) is 55.8 Å². The minimum absolute atomic E-state index is 0.140. The number of esters is 1. The zero-order chi connectivity index (χ0) is 18.4. The van der Waals surface area contributed by atoms with Crippen LogP contribution in [0.25, 0.3) is 0 Å². The molecule has 0 radical (unpaired) electrons. The van der Waals surface area contributed by atoms with E-state index in [0.29, 0.717) is 23.5 Å². The van der Waals surface area contributed by atoms with Gasteiger partial charge in [-0.25, -0.2) is 9.56 Å². The van der Waals surface area contributed by atoms with Crippen molar-refractivity contribution in [2.45, 2.75) is 53.4 Å². The predicted molar refractivity (Wildman–Crippen MR) is 99.6 cm³/mol. The molecule has 1 aromatic carbocycles. The van der Waals surface area contributed by atoms with Crippen molar-refractivity contribution in [1.82, 2.24) is 4.57 Å². The van der Waals surface area contributed by atoms with E-state index in [0.717, 1.165) is 17.0 Å². The second kappa shape index (κ2) is 8.76. The van der Waals surface area contributed by atoms with Crippen molar-refractivity contribution in [2.75, 3.05) is 0 Å². The quantitative estimate of drug-likeness (QED) is 0.723. The van der Waals surface area contributed by atoms with Gasteiger partial charge in [-0.15, -0.1) is 0 Å². The third kappa shape index (κ3) is 4.45. The summed E-state index contributed by atoms with van der Waals surface area (Å²) in [7, 11) is 0. The molecule has 0 fully saturated rings. The second-order valence-electron chi connectivity index (χ2n) is 5.51. The number of thiazole rings is 1. The molecule has 1 heterocycles. The molecule has 0 saturated heterocycles. The van der Waals surface area contributed by atoms with Crippen LogP contribution >= 0.6 is 11.3 Å². The van der Waals surface area contributed by atoms with Crippen LogP contribution in [0.15, 0.2) is 29.3 Å². The number of aromatic nitrogens is 1. The third-order valence-corrected chi connectivity index (χ3v) is 4.96. The van der Waals surface area contributed by atoms with Crippen molar-refractivity contribution in [3.63, 3.8) is 0 Å². The van der Waals surface area contributed by atoms with E-state index in [9.17, 15) is 9.59 Å². The molecule has 1 aromatic heterocycles. The van der Waals surface area contributed by atoms with Crippen LogP contribution in [-0.2, 0) is 17.6 Å². The number of nitrogens with zero attached hydrogens (tertiary/aromatic N) is 2. The number of hydrogen-bond acceptors (Lipinski definition) is 5. The molecule has 2 aromatic rings. The molecule has 0 atom stereocenters. The highest BCUT2D eigenvalue weighted by molar-refractivity contribution is 7.09. The van der Waals surface area contributed by atoms with Gasteiger partial charge in [0, 0.05) is 12.8 Å². The standard InChI is InChI=1S/C19H24N2O3S/c1-5-13-9-11-14(12-10-13)20-19-21(16(22)7-3)18(15(6-2)25-19)24-17(23)8-4/h9-12H,5-8H2,1-4H3. The lowest BCUT2D eigenvalue weighted by Crippen LogP contribution is -2.24. The van der Waals surface area contributed by atoms with Gasteiger partial charge in [-0.2, -0.15) is 0 Å². The van der Waals surface area contributed by atoms with E-state index < -0.39 is 0 Å². The predicted octanol–water partition coefficient (Wildman–Crippen LogP) is 4.27. The summed E-state index contributed by atoms with van der Waals surface area (Å²) in [6.07, 6.45) is 2.19. The summed E-state index contributed by atoms with van der Waals surface area (Å²) in [6, 6.07) is 7.92. The molecule has 0 aliphatic carbocycles. The first-order valence-electron chi connectivity index (χ1n) is 8.66. The van der Waals surface area contributed by atoms with Crippen LogP contribution in [0.2, 0.25) is 0 Å². The number of rotatable bonds is 6. The van der Waals surface area contributed by atoms with Crippen LogP contribution in [0.3, 0.4) is 0 Å². The van der Waals surface area contributed by atoms with E-state index in [-0.39, 0.29) is 18.3 Å². The fourth-order valence-corrected chi connectivity index (χ4v) is 3.30. The van der Waals surface area contributed by atoms with Gasteiger partial charge in [0.15, 0.2) is 4.80 Å². The maximum Gasteiger partial charge on any atom is 0.312 e. The van der Waals surface area contributed by atoms with Crippen molar-refractivity contribution in [3.05, 3.63) is 39.5 Å². The van der Waals surface area contributed by atoms with Gasteiger partial charge in [-0.1, -0.05) is 51.2 Å². The molecule has 6 heteroatoms. The molecule has 134 valence electrons. The monoisotopic (exact) mass is 360 g/mol. The molecule has 5 nitrogen and oxygen atoms in total. The first-order valence-corrected chi connectivity index (χ1v) is 9.47. The number of aryl methyl sites for hydroxylation is 2. The van der Waals surface area contributed by atoms with Gasteiger partial charge in [0.05, 0.1) is 10.6 Å². The lowest BCUT2D eigenvalue weighted by Gasteiger charge is -2.08. The van der Waals surface area contributed by atoms with Crippen LogP contribution in [0, 0.1) is 0 Å². The molecule has 0 amide bonds. The van der Waals surface area contributed by atoms with Gasteiger partial charge in [-0.3, -0.25) is 9.59 Å². The molecule has 2 rings (SSSR count). The Bertz CT molecular complexity index is 816. The van der Waals surface area contributed by atoms with E-state index >= 15 is 0 Å². The van der Waals surface area contributed by atoms with Gasteiger partial charge in [-0.05, 0) is 30.5 Å². The van der Waals surface area contributed by atoms with Crippen molar-refractivity contribution in [2.24, 2.45) is 4.99 Å². The highest BCUT2D eigenvalue weighted by Crippen LogP contribution is 2.24. The fourth-order valence-electron chi connectivity index (χ4n) is 2.28. The number of carbonyl (C=O) groups is 2. The van der Waals surface area contributed by atoms with E-state index in [4.69, 9.17) is 4.74 Å². The van der Waals surface area contributed by atoms with E-state index in [2.05, 4.69) is 11.9 Å². The Balaban J connectivity index is 2.60. The minimum atomic E-state index is -0.357. The van der Waals surface area contributed by atoms with E-state index in [1.54, 1.807) is 13.8 Å². The molecule has 0 aliphatic rings. The molecule has 0 saturated carbocycles. The van der Waals surface area contributed by atoms with Crippen molar-refractivity contribution in [1.29, 1.82) is 0 Å². The zero-order valence-corrected chi connectivity index (χ0v) is 16.0. The summed E-state index contributed by atoms with van der Waals surface area (Å²) in [6.45, 7) is 7.58. The van der Waals surface area contributed by atoms with Crippen LogP contribution < -0.4 is 9.54 Å². The summed E-state index contributed by atoms with van der Waals surface area (Å²) in [5, 5.41) is 0. The first-order chi connectivity index (χ1) is 12.0. The average molecular weight is 360 g/mol. The topological polar surface area (TPSA) is 60.7 Å². The Morgan fingerprint density at radius 2 is 1.72 bits per heavy atom. The highest BCUT2D eigenvalue weighted by Gasteiger charge is 2.20. The average Bonchev–Trinajstić information content (AvgIpc) is 2.98. The molecule has 0 aliphatic heterocycles. The zero-order valence-electron chi connectivity index (χ0n) is 15.2. The molecule has 0 N–H and O–H groups in total. The SMILES string of the molecule is CCC(=O)Oc1c(CC)sc(=Nc2ccc(CC)cc2)n1C(=O)CC. The lowest BCUT2D eigenvalue weighted by molar-refractivity contribution is -0.134. The van der Waals surface area contributed by atoms with Gasteiger partial charge < -0.3 is 4.74 Å². The third-order valence-electron chi connectivity index (χ3n) is 3.79. The number of ether oxygens (including phenoxy) is 1. The van der Waals surface area contributed by atoms with Gasteiger partial charge >= 0.3 is 5.97 Å². The Morgan fingerprint density at radius 1 is 1.04 bits per heavy atom. The Morgan fingerprint density at radius 3 is 2.24 bits per heavy atom. The van der Waals surface area contributed by atoms with Gasteiger partial charge in [0.25, 0.3) is 0 Å². The second-order valence-corrected chi connectivity index (χ2v) is 6.57. The minimum Gasteiger partial charge on any atom is -0.408 e. The van der Waals surface area contributed by atoms with Crippen molar-refractivity contribution >= 4 is 28.9 Å². The summed E-state index contributed by atoms with van der Waals surface area (Å²) in [4.78, 5) is 30.2. The summed E-state index contributed by atoms with van der Waals surface area (Å²) >= 11 is 1.39. The first kappa shape index (κ1) is 19.1. The molecule has 25 heavy (non-hydrogen) atoms.